The minimum Gasteiger partial charge on any atom is -0.480 e. The highest BCUT2D eigenvalue weighted by molar-refractivity contribution is 5.73. The summed E-state index contributed by atoms with van der Waals surface area (Å²) in [5, 5.41) is 19.5. The summed E-state index contributed by atoms with van der Waals surface area (Å²) in [7, 11) is 0. The summed E-state index contributed by atoms with van der Waals surface area (Å²) in [4.78, 5) is 10.2. The molecule has 1 heterocycles. The number of carboxylic acids is 1. The second-order valence-corrected chi connectivity index (χ2v) is 2.14. The second-order valence-electron chi connectivity index (χ2n) is 2.14. The lowest BCUT2D eigenvalue weighted by Gasteiger charge is -2.07. The molecular formula is C5H8NO3. The van der Waals surface area contributed by atoms with E-state index in [4.69, 9.17) is 5.11 Å². The van der Waals surface area contributed by atoms with Crippen LogP contribution in [0.5, 0.6) is 0 Å². The molecule has 1 aliphatic rings. The standard InChI is InChI=1S/C5H8NO3/c7-5(8)4-2-1-3-6(4)9/h4H,1-3H2,(H,7,8)/t4-/m0/s1. The Morgan fingerprint density at radius 1 is 1.67 bits per heavy atom. The SMILES string of the molecule is [O]N1CCC[C@H]1C(=O)O. The molecule has 9 heavy (non-hydrogen) atoms. The van der Waals surface area contributed by atoms with Gasteiger partial charge in [0.15, 0.2) is 0 Å². The van der Waals surface area contributed by atoms with Crippen molar-refractivity contribution in [3.63, 3.8) is 0 Å². The van der Waals surface area contributed by atoms with Crippen molar-refractivity contribution < 1.29 is 15.1 Å². The summed E-state index contributed by atoms with van der Waals surface area (Å²) in [6.45, 7) is 0.372. The van der Waals surface area contributed by atoms with E-state index < -0.39 is 12.0 Å². The molecule has 1 saturated heterocycles. The minimum absolute atomic E-state index is 0.372. The van der Waals surface area contributed by atoms with Gasteiger partial charge in [0.1, 0.15) is 6.04 Å². The van der Waals surface area contributed by atoms with E-state index in [1.165, 1.54) is 0 Å². The highest BCUT2D eigenvalue weighted by Gasteiger charge is 2.30. The zero-order valence-electron chi connectivity index (χ0n) is 4.91. The van der Waals surface area contributed by atoms with Crippen LogP contribution < -0.4 is 0 Å². The number of hydrogen-bond acceptors (Lipinski definition) is 2. The number of carbonyl (C=O) groups is 1. The van der Waals surface area contributed by atoms with Crippen molar-refractivity contribution >= 4 is 5.97 Å². The van der Waals surface area contributed by atoms with E-state index in [0.717, 1.165) is 0 Å². The topological polar surface area (TPSA) is 60.4 Å². The Morgan fingerprint density at radius 3 is 2.56 bits per heavy atom. The first-order valence-corrected chi connectivity index (χ1v) is 2.88. The van der Waals surface area contributed by atoms with E-state index in [-0.39, 0.29) is 0 Å². The second kappa shape index (κ2) is 2.33. The van der Waals surface area contributed by atoms with Crippen LogP contribution in [0.2, 0.25) is 0 Å². The van der Waals surface area contributed by atoms with E-state index >= 15 is 0 Å². The highest BCUT2D eigenvalue weighted by atomic mass is 16.5. The molecule has 0 unspecified atom stereocenters. The molecule has 4 nitrogen and oxygen atoms in total. The summed E-state index contributed by atoms with van der Waals surface area (Å²) in [6.07, 6.45) is 1.21. The van der Waals surface area contributed by atoms with Crippen molar-refractivity contribution in [3.8, 4) is 0 Å². The van der Waals surface area contributed by atoms with Crippen LogP contribution >= 0.6 is 0 Å². The lowest BCUT2D eigenvalue weighted by Crippen LogP contribution is -2.31. The molecule has 1 fully saturated rings. The number of rotatable bonds is 1. The van der Waals surface area contributed by atoms with Gasteiger partial charge in [-0.25, -0.2) is 0 Å². The molecule has 51 valence electrons. The number of aliphatic carboxylic acids is 1. The Hall–Kier alpha value is -0.610. The van der Waals surface area contributed by atoms with Crippen molar-refractivity contribution in [2.45, 2.75) is 18.9 Å². The van der Waals surface area contributed by atoms with Gasteiger partial charge in [0.2, 0.25) is 0 Å². The minimum atomic E-state index is -0.998. The van der Waals surface area contributed by atoms with E-state index in [9.17, 15) is 10.0 Å². The molecule has 0 aromatic rings. The largest absolute Gasteiger partial charge is 0.480 e. The van der Waals surface area contributed by atoms with Gasteiger partial charge < -0.3 is 5.11 Å². The maximum Gasteiger partial charge on any atom is 0.323 e. The monoisotopic (exact) mass is 130 g/mol. The van der Waals surface area contributed by atoms with Crippen molar-refractivity contribution in [3.05, 3.63) is 0 Å². The van der Waals surface area contributed by atoms with Crippen LogP contribution in [-0.4, -0.2) is 28.7 Å². The Morgan fingerprint density at radius 2 is 2.33 bits per heavy atom. The maximum atomic E-state index is 10.6. The molecule has 1 rings (SSSR count). The number of carboxylic acid groups (broad SMARTS) is 1. The van der Waals surface area contributed by atoms with E-state index in [1.54, 1.807) is 0 Å². The fourth-order valence-corrected chi connectivity index (χ4v) is 0.987. The lowest BCUT2D eigenvalue weighted by molar-refractivity contribution is -0.185. The molecule has 1 radical (unpaired) electrons. The molecular weight excluding hydrogens is 122 g/mol. The quantitative estimate of drug-likeness (QED) is 0.538. The van der Waals surface area contributed by atoms with Gasteiger partial charge in [-0.2, -0.15) is 0 Å². The van der Waals surface area contributed by atoms with E-state index in [2.05, 4.69) is 0 Å². The van der Waals surface area contributed by atoms with Crippen LogP contribution in [0.1, 0.15) is 12.8 Å². The average Bonchev–Trinajstić information content (AvgIpc) is 2.13. The van der Waals surface area contributed by atoms with Crippen molar-refractivity contribution in [1.82, 2.24) is 5.06 Å². The van der Waals surface area contributed by atoms with Crippen molar-refractivity contribution in [2.24, 2.45) is 0 Å². The van der Waals surface area contributed by atoms with Crippen LogP contribution in [0.15, 0.2) is 0 Å². The molecule has 0 aromatic carbocycles. The average molecular weight is 130 g/mol. The summed E-state index contributed by atoms with van der Waals surface area (Å²) in [6, 6.07) is -0.773. The molecule has 0 aromatic heterocycles. The Kier molecular flexibility index (Phi) is 1.68. The fraction of sp³-hybridized carbons (Fsp3) is 0.800. The van der Waals surface area contributed by atoms with Gasteiger partial charge >= 0.3 is 5.97 Å². The maximum absolute atomic E-state index is 10.6. The van der Waals surface area contributed by atoms with Gasteiger partial charge in [0.05, 0.1) is 0 Å². The van der Waals surface area contributed by atoms with Gasteiger partial charge in [0, 0.05) is 6.54 Å². The van der Waals surface area contributed by atoms with Crippen LogP contribution in [0.4, 0.5) is 0 Å². The summed E-state index contributed by atoms with van der Waals surface area (Å²) >= 11 is 0. The Balaban J connectivity index is 2.49. The highest BCUT2D eigenvalue weighted by Crippen LogP contribution is 2.14. The molecule has 1 atom stereocenters. The summed E-state index contributed by atoms with van der Waals surface area (Å²) in [5.74, 6) is -0.998. The molecule has 0 amide bonds. The van der Waals surface area contributed by atoms with E-state index in [1.807, 2.05) is 0 Å². The molecule has 1 N–H and O–H groups in total. The van der Waals surface area contributed by atoms with Gasteiger partial charge in [-0.3, -0.25) is 4.79 Å². The molecule has 0 aliphatic carbocycles. The number of hydroxylamine groups is 2. The third kappa shape index (κ3) is 1.20. The van der Waals surface area contributed by atoms with E-state index in [0.29, 0.717) is 24.4 Å². The first-order chi connectivity index (χ1) is 4.22. The first-order valence-electron chi connectivity index (χ1n) is 2.88. The van der Waals surface area contributed by atoms with Gasteiger partial charge in [-0.15, -0.1) is 10.3 Å². The number of hydrogen-bond donors (Lipinski definition) is 1. The zero-order valence-corrected chi connectivity index (χ0v) is 4.91. The molecule has 0 spiro atoms. The summed E-state index contributed by atoms with van der Waals surface area (Å²) < 4.78 is 0. The fourth-order valence-electron chi connectivity index (χ4n) is 0.987. The summed E-state index contributed by atoms with van der Waals surface area (Å²) in [5.41, 5.74) is 0. The smallest absolute Gasteiger partial charge is 0.323 e. The molecule has 1 aliphatic heterocycles. The number of nitrogens with zero attached hydrogens (tertiary/aromatic N) is 1. The van der Waals surface area contributed by atoms with Crippen LogP contribution in [0.3, 0.4) is 0 Å². The van der Waals surface area contributed by atoms with Crippen LogP contribution in [-0.2, 0) is 10.0 Å². The Labute approximate surface area is 52.7 Å². The molecule has 4 heteroatoms. The van der Waals surface area contributed by atoms with Gasteiger partial charge in [0.25, 0.3) is 0 Å². The third-order valence-electron chi connectivity index (χ3n) is 1.49. The van der Waals surface area contributed by atoms with Crippen molar-refractivity contribution in [2.75, 3.05) is 6.54 Å². The molecule has 0 bridgehead atoms. The van der Waals surface area contributed by atoms with Crippen LogP contribution in [0.25, 0.3) is 0 Å². The van der Waals surface area contributed by atoms with Gasteiger partial charge in [-0.05, 0) is 12.8 Å². The predicted molar refractivity (Wildman–Crippen MR) is 28.1 cm³/mol. The third-order valence-corrected chi connectivity index (χ3v) is 1.49. The predicted octanol–water partition coefficient (Wildman–Crippen LogP) is -0.119. The zero-order chi connectivity index (χ0) is 6.85. The normalized spacial score (nSPS) is 28.8. The molecule has 0 saturated carbocycles. The van der Waals surface area contributed by atoms with Crippen LogP contribution in [0, 0.1) is 0 Å². The first kappa shape index (κ1) is 6.51. The lowest BCUT2D eigenvalue weighted by atomic mass is 10.2. The van der Waals surface area contributed by atoms with Crippen molar-refractivity contribution in [1.29, 1.82) is 0 Å². The Bertz CT molecular complexity index is 125. The van der Waals surface area contributed by atoms with Gasteiger partial charge in [-0.1, -0.05) is 0 Å².